The second kappa shape index (κ2) is 6.93. The standard InChI is InChI=1S/C15H19N3O4/c1-9-15(21)18-12-7-11(3-4-13(12)22-9)8-14(20)17-6-5-16-10(2)19/h3-4,7,9H,5-6,8H2,1-2H3,(H,16,19)(H,17,20)(H,18,21). The summed E-state index contributed by atoms with van der Waals surface area (Å²) >= 11 is 0. The van der Waals surface area contributed by atoms with Gasteiger partial charge in [0.2, 0.25) is 11.8 Å². The van der Waals surface area contributed by atoms with Crippen molar-refractivity contribution < 1.29 is 19.1 Å². The van der Waals surface area contributed by atoms with Crippen LogP contribution in [0.4, 0.5) is 5.69 Å². The van der Waals surface area contributed by atoms with Crippen molar-refractivity contribution in [2.75, 3.05) is 18.4 Å². The summed E-state index contributed by atoms with van der Waals surface area (Å²) in [6, 6.07) is 5.26. The van der Waals surface area contributed by atoms with Crippen molar-refractivity contribution in [3.05, 3.63) is 23.8 Å². The van der Waals surface area contributed by atoms with Crippen molar-refractivity contribution in [3.8, 4) is 5.75 Å². The Labute approximate surface area is 128 Å². The van der Waals surface area contributed by atoms with E-state index in [0.29, 0.717) is 24.5 Å². The van der Waals surface area contributed by atoms with E-state index >= 15 is 0 Å². The Morgan fingerprint density at radius 1 is 1.27 bits per heavy atom. The Balaban J connectivity index is 1.88. The maximum Gasteiger partial charge on any atom is 0.265 e. The summed E-state index contributed by atoms with van der Waals surface area (Å²) in [6.07, 6.45) is -0.325. The van der Waals surface area contributed by atoms with Crippen LogP contribution in [-0.2, 0) is 20.8 Å². The molecule has 0 aliphatic carbocycles. The fourth-order valence-electron chi connectivity index (χ4n) is 2.05. The topological polar surface area (TPSA) is 96.5 Å². The molecule has 0 fully saturated rings. The molecule has 0 radical (unpaired) electrons. The molecular formula is C15H19N3O4. The highest BCUT2D eigenvalue weighted by Crippen LogP contribution is 2.30. The molecule has 1 aliphatic heterocycles. The summed E-state index contributed by atoms with van der Waals surface area (Å²) in [7, 11) is 0. The van der Waals surface area contributed by atoms with Crippen LogP contribution in [0, 0.1) is 0 Å². The zero-order valence-corrected chi connectivity index (χ0v) is 12.6. The van der Waals surface area contributed by atoms with Crippen LogP contribution >= 0.6 is 0 Å². The summed E-state index contributed by atoms with van der Waals surface area (Å²) in [6.45, 7) is 3.87. The van der Waals surface area contributed by atoms with Gasteiger partial charge in [0.05, 0.1) is 12.1 Å². The van der Waals surface area contributed by atoms with E-state index in [2.05, 4.69) is 16.0 Å². The second-order valence-electron chi connectivity index (χ2n) is 5.09. The molecule has 22 heavy (non-hydrogen) atoms. The van der Waals surface area contributed by atoms with Crippen LogP contribution in [0.5, 0.6) is 5.75 Å². The SMILES string of the molecule is CC(=O)NCCNC(=O)Cc1ccc2c(c1)NC(=O)C(C)O2. The predicted molar refractivity (Wildman–Crippen MR) is 80.6 cm³/mol. The largest absolute Gasteiger partial charge is 0.479 e. The third kappa shape index (κ3) is 4.21. The number of rotatable bonds is 5. The van der Waals surface area contributed by atoms with Gasteiger partial charge >= 0.3 is 0 Å². The van der Waals surface area contributed by atoms with Gasteiger partial charge in [-0.05, 0) is 24.6 Å². The lowest BCUT2D eigenvalue weighted by atomic mass is 10.1. The first-order valence-electron chi connectivity index (χ1n) is 7.07. The number of nitrogens with one attached hydrogen (secondary N) is 3. The van der Waals surface area contributed by atoms with Crippen molar-refractivity contribution >= 4 is 23.4 Å². The summed E-state index contributed by atoms with van der Waals surface area (Å²) in [4.78, 5) is 34.1. The molecule has 118 valence electrons. The fraction of sp³-hybridized carbons (Fsp3) is 0.400. The van der Waals surface area contributed by atoms with E-state index in [-0.39, 0.29) is 24.1 Å². The summed E-state index contributed by atoms with van der Waals surface area (Å²) < 4.78 is 5.45. The molecule has 0 bridgehead atoms. The average Bonchev–Trinajstić information content (AvgIpc) is 2.45. The molecule has 1 aliphatic rings. The molecule has 7 heteroatoms. The van der Waals surface area contributed by atoms with E-state index in [4.69, 9.17) is 4.74 Å². The van der Waals surface area contributed by atoms with Crippen LogP contribution in [0.1, 0.15) is 19.4 Å². The predicted octanol–water partition coefficient (Wildman–Crippen LogP) is 0.201. The van der Waals surface area contributed by atoms with Crippen LogP contribution in [-0.4, -0.2) is 36.9 Å². The van der Waals surface area contributed by atoms with E-state index < -0.39 is 6.10 Å². The molecular weight excluding hydrogens is 286 g/mol. The number of carbonyl (C=O) groups excluding carboxylic acids is 3. The summed E-state index contributed by atoms with van der Waals surface area (Å²) in [5, 5.41) is 8.05. The van der Waals surface area contributed by atoms with Crippen LogP contribution < -0.4 is 20.7 Å². The molecule has 2 rings (SSSR count). The monoisotopic (exact) mass is 305 g/mol. The number of carbonyl (C=O) groups is 3. The van der Waals surface area contributed by atoms with E-state index in [1.165, 1.54) is 6.92 Å². The fourth-order valence-corrected chi connectivity index (χ4v) is 2.05. The van der Waals surface area contributed by atoms with Crippen molar-refractivity contribution in [1.82, 2.24) is 10.6 Å². The van der Waals surface area contributed by atoms with Gasteiger partial charge in [-0.15, -0.1) is 0 Å². The third-order valence-electron chi connectivity index (χ3n) is 3.16. The van der Waals surface area contributed by atoms with Crippen LogP contribution in [0.15, 0.2) is 18.2 Å². The normalized spacial score (nSPS) is 16.1. The third-order valence-corrected chi connectivity index (χ3v) is 3.16. The molecule has 1 heterocycles. The molecule has 0 saturated carbocycles. The minimum absolute atomic E-state index is 0.131. The number of hydrogen-bond donors (Lipinski definition) is 3. The van der Waals surface area contributed by atoms with Crippen molar-refractivity contribution in [2.24, 2.45) is 0 Å². The number of hydrogen-bond acceptors (Lipinski definition) is 4. The van der Waals surface area contributed by atoms with Gasteiger partial charge in [-0.2, -0.15) is 0 Å². The number of fused-ring (bicyclic) bond motifs is 1. The Morgan fingerprint density at radius 3 is 2.73 bits per heavy atom. The first-order valence-corrected chi connectivity index (χ1v) is 7.07. The maximum absolute atomic E-state index is 11.8. The number of ether oxygens (including phenoxy) is 1. The van der Waals surface area contributed by atoms with E-state index in [9.17, 15) is 14.4 Å². The number of anilines is 1. The zero-order valence-electron chi connectivity index (χ0n) is 12.6. The molecule has 0 spiro atoms. The molecule has 3 N–H and O–H groups in total. The van der Waals surface area contributed by atoms with Crippen molar-refractivity contribution in [2.45, 2.75) is 26.4 Å². The molecule has 0 aromatic heterocycles. The Bertz CT molecular complexity index is 600. The highest BCUT2D eigenvalue weighted by atomic mass is 16.5. The molecule has 1 atom stereocenters. The van der Waals surface area contributed by atoms with Gasteiger partial charge in [-0.25, -0.2) is 0 Å². The Morgan fingerprint density at radius 2 is 2.00 bits per heavy atom. The van der Waals surface area contributed by atoms with Gasteiger partial charge in [-0.3, -0.25) is 14.4 Å². The van der Waals surface area contributed by atoms with E-state index in [0.717, 1.165) is 5.56 Å². The van der Waals surface area contributed by atoms with Crippen molar-refractivity contribution in [3.63, 3.8) is 0 Å². The van der Waals surface area contributed by atoms with Crippen LogP contribution in [0.2, 0.25) is 0 Å². The number of benzene rings is 1. The highest BCUT2D eigenvalue weighted by molar-refractivity contribution is 5.97. The minimum atomic E-state index is -0.518. The summed E-state index contributed by atoms with van der Waals surface area (Å²) in [5.41, 5.74) is 1.35. The minimum Gasteiger partial charge on any atom is -0.479 e. The lowest BCUT2D eigenvalue weighted by molar-refractivity contribution is -0.122. The second-order valence-corrected chi connectivity index (χ2v) is 5.09. The van der Waals surface area contributed by atoms with Gasteiger partial charge in [-0.1, -0.05) is 6.07 Å². The quantitative estimate of drug-likeness (QED) is 0.677. The van der Waals surface area contributed by atoms with Gasteiger partial charge < -0.3 is 20.7 Å². The van der Waals surface area contributed by atoms with Gasteiger partial charge in [0.1, 0.15) is 5.75 Å². The van der Waals surface area contributed by atoms with Crippen molar-refractivity contribution in [1.29, 1.82) is 0 Å². The lowest BCUT2D eigenvalue weighted by Crippen LogP contribution is -2.35. The average molecular weight is 305 g/mol. The zero-order chi connectivity index (χ0) is 16.1. The summed E-state index contributed by atoms with van der Waals surface area (Å²) in [5.74, 6) is 0.113. The van der Waals surface area contributed by atoms with Gasteiger partial charge in [0.25, 0.3) is 5.91 Å². The molecule has 1 aromatic carbocycles. The molecule has 3 amide bonds. The lowest BCUT2D eigenvalue weighted by Gasteiger charge is -2.23. The van der Waals surface area contributed by atoms with Crippen LogP contribution in [0.25, 0.3) is 0 Å². The first-order chi connectivity index (χ1) is 10.5. The van der Waals surface area contributed by atoms with E-state index in [1.54, 1.807) is 25.1 Å². The highest BCUT2D eigenvalue weighted by Gasteiger charge is 2.23. The first kappa shape index (κ1) is 15.8. The molecule has 1 unspecified atom stereocenters. The van der Waals surface area contributed by atoms with Gasteiger partial charge in [0.15, 0.2) is 6.10 Å². The smallest absolute Gasteiger partial charge is 0.265 e. The molecule has 7 nitrogen and oxygen atoms in total. The number of amides is 3. The van der Waals surface area contributed by atoms with Gasteiger partial charge in [0, 0.05) is 20.0 Å². The Kier molecular flexibility index (Phi) is 4.98. The molecule has 0 saturated heterocycles. The van der Waals surface area contributed by atoms with E-state index in [1.807, 2.05) is 0 Å². The maximum atomic E-state index is 11.8. The van der Waals surface area contributed by atoms with Crippen LogP contribution in [0.3, 0.4) is 0 Å². The molecule has 1 aromatic rings. The Hall–Kier alpha value is -2.57.